The summed E-state index contributed by atoms with van der Waals surface area (Å²) in [5, 5.41) is 0. The quantitative estimate of drug-likeness (QED) is 0.301. The zero-order chi connectivity index (χ0) is 7.28. The summed E-state index contributed by atoms with van der Waals surface area (Å²) in [4.78, 5) is 19.7. The van der Waals surface area contributed by atoms with Crippen molar-refractivity contribution < 1.29 is 14.3 Å². The minimum Gasteiger partial charge on any atom is -0.383 e. The van der Waals surface area contributed by atoms with Gasteiger partial charge in [-0.1, -0.05) is 0 Å². The van der Waals surface area contributed by atoms with Crippen molar-refractivity contribution in [3.63, 3.8) is 0 Å². The highest BCUT2D eigenvalue weighted by molar-refractivity contribution is 7.80. The van der Waals surface area contributed by atoms with Gasteiger partial charge in [-0.15, -0.1) is 0 Å². The Morgan fingerprint density at radius 1 is 1.89 bits per heavy atom. The van der Waals surface area contributed by atoms with Gasteiger partial charge in [0.1, 0.15) is 6.04 Å². The molecule has 0 rings (SSSR count). The molecule has 0 aliphatic carbocycles. The summed E-state index contributed by atoms with van der Waals surface area (Å²) in [6.45, 7) is 0.969. The fraction of sp³-hybridized carbons (Fsp3) is 0.500. The van der Waals surface area contributed by atoms with E-state index < -0.39 is 12.0 Å². The highest BCUT2D eigenvalue weighted by atomic mass is 32.1. The van der Waals surface area contributed by atoms with Crippen LogP contribution >= 0.6 is 12.6 Å². The normalized spacial score (nSPS) is 12.2. The summed E-state index contributed by atoms with van der Waals surface area (Å²) < 4.78 is 3.78. The van der Waals surface area contributed by atoms with Gasteiger partial charge in [-0.2, -0.15) is 12.6 Å². The van der Waals surface area contributed by atoms with Crippen LogP contribution < -0.4 is 5.73 Å². The Morgan fingerprint density at radius 3 is 2.78 bits per heavy atom. The summed E-state index contributed by atoms with van der Waals surface area (Å²) in [5.41, 5.74) is 5.07. The lowest BCUT2D eigenvalue weighted by molar-refractivity contribution is -0.136. The molecule has 51 valence electrons. The van der Waals surface area contributed by atoms with Gasteiger partial charge in [-0.05, 0) is 0 Å². The summed E-state index contributed by atoms with van der Waals surface area (Å²) in [6, 6.07) is -0.838. The van der Waals surface area contributed by atoms with E-state index in [-0.39, 0.29) is 5.75 Å². The first kappa shape index (κ1) is 8.45. The van der Waals surface area contributed by atoms with Crippen molar-refractivity contribution in [2.24, 2.45) is 5.73 Å². The van der Waals surface area contributed by atoms with Crippen LogP contribution in [0.2, 0.25) is 0 Å². The van der Waals surface area contributed by atoms with Crippen LogP contribution in [-0.4, -0.2) is 24.2 Å². The number of thiol groups is 1. The molecule has 0 aromatic carbocycles. The molecular weight excluding hydrogens is 142 g/mol. The Morgan fingerprint density at radius 2 is 2.44 bits per heavy atom. The van der Waals surface area contributed by atoms with Gasteiger partial charge < -0.3 is 10.5 Å². The zero-order valence-electron chi connectivity index (χ0n) is 4.53. The van der Waals surface area contributed by atoms with E-state index in [0.29, 0.717) is 0 Å². The maximum atomic E-state index is 10.3. The molecule has 0 heterocycles. The van der Waals surface area contributed by atoms with Crippen molar-refractivity contribution in [2.45, 2.75) is 6.04 Å². The number of hydrogen-bond acceptors (Lipinski definition) is 5. The van der Waals surface area contributed by atoms with Gasteiger partial charge in [-0.25, -0.2) is 9.59 Å². The molecule has 0 aromatic heterocycles. The highest BCUT2D eigenvalue weighted by Gasteiger charge is 2.11. The molecule has 4 nitrogen and oxygen atoms in total. The predicted octanol–water partition coefficient (Wildman–Crippen LogP) is -1.15. The van der Waals surface area contributed by atoms with Crippen LogP contribution in [0.15, 0.2) is 0 Å². The molecule has 0 unspecified atom stereocenters. The monoisotopic (exact) mass is 148 g/mol. The molecule has 2 N–H and O–H groups in total. The highest BCUT2D eigenvalue weighted by Crippen LogP contribution is 1.85. The maximum absolute atomic E-state index is 10.3. The third kappa shape index (κ3) is 3.10. The van der Waals surface area contributed by atoms with Gasteiger partial charge >= 0.3 is 12.4 Å². The van der Waals surface area contributed by atoms with Crippen LogP contribution in [0.25, 0.3) is 0 Å². The van der Waals surface area contributed by atoms with E-state index in [4.69, 9.17) is 5.73 Å². The Labute approximate surface area is 57.8 Å². The number of carbonyl (C=O) groups is 1. The molecule has 0 fully saturated rings. The standard InChI is InChI=1S/C4H6NO3S/c5-3(1-9)4(7)8-2-6/h3,9H,1,5H2/t3-/m0/s1. The number of ether oxygens (including phenoxy) is 1. The molecule has 0 spiro atoms. The summed E-state index contributed by atoms with van der Waals surface area (Å²) in [7, 11) is 0. The smallest absolute Gasteiger partial charge is 0.383 e. The fourth-order valence-corrected chi connectivity index (χ4v) is 0.340. The van der Waals surface area contributed by atoms with Crippen LogP contribution in [0.1, 0.15) is 0 Å². The topological polar surface area (TPSA) is 69.4 Å². The lowest BCUT2D eigenvalue weighted by Gasteiger charge is -2.00. The van der Waals surface area contributed by atoms with E-state index in [1.165, 1.54) is 0 Å². The lowest BCUT2D eigenvalue weighted by atomic mass is 10.4. The molecule has 0 aliphatic heterocycles. The lowest BCUT2D eigenvalue weighted by Crippen LogP contribution is -2.33. The summed E-state index contributed by atoms with van der Waals surface area (Å²) >= 11 is 3.69. The second-order valence-electron chi connectivity index (χ2n) is 1.29. The Hall–Kier alpha value is -0.550. The molecule has 0 saturated carbocycles. The van der Waals surface area contributed by atoms with Crippen molar-refractivity contribution in [3.8, 4) is 0 Å². The second kappa shape index (κ2) is 4.34. The summed E-state index contributed by atoms with van der Waals surface area (Å²) in [5.74, 6) is -0.652. The van der Waals surface area contributed by atoms with Crippen LogP contribution in [-0.2, 0) is 14.3 Å². The van der Waals surface area contributed by atoms with Crippen LogP contribution in [0, 0.1) is 0 Å². The molecular formula is C4H6NO3S. The van der Waals surface area contributed by atoms with Crippen molar-refractivity contribution >= 4 is 25.1 Å². The Balaban J connectivity index is 3.58. The van der Waals surface area contributed by atoms with E-state index in [1.807, 2.05) is 0 Å². The number of carbonyl (C=O) groups excluding carboxylic acids is 2. The SMILES string of the molecule is N[C@@H](CS)C(=O)O[C]=O. The van der Waals surface area contributed by atoms with Crippen molar-refractivity contribution in [2.75, 3.05) is 5.75 Å². The van der Waals surface area contributed by atoms with Gasteiger partial charge in [-0.3, -0.25) is 0 Å². The molecule has 0 saturated heterocycles. The van der Waals surface area contributed by atoms with Gasteiger partial charge in [0.05, 0.1) is 0 Å². The maximum Gasteiger partial charge on any atom is 0.425 e. The third-order valence-corrected chi connectivity index (χ3v) is 1.04. The van der Waals surface area contributed by atoms with Crippen molar-refractivity contribution in [1.82, 2.24) is 0 Å². The summed E-state index contributed by atoms with van der Waals surface area (Å²) in [6.07, 6.45) is 0. The average Bonchev–Trinajstić information content (AvgIpc) is 1.87. The van der Waals surface area contributed by atoms with Crippen molar-refractivity contribution in [1.29, 1.82) is 0 Å². The molecule has 0 bridgehead atoms. The number of nitrogens with two attached hydrogens (primary N) is 1. The fourth-order valence-electron chi connectivity index (χ4n) is 0.191. The molecule has 0 amide bonds. The van der Waals surface area contributed by atoms with E-state index in [2.05, 4.69) is 17.4 Å². The van der Waals surface area contributed by atoms with Crippen LogP contribution in [0.4, 0.5) is 0 Å². The molecule has 9 heavy (non-hydrogen) atoms. The van der Waals surface area contributed by atoms with Crippen LogP contribution in [0.5, 0.6) is 0 Å². The number of hydrogen-bond donors (Lipinski definition) is 2. The molecule has 0 aromatic rings. The van der Waals surface area contributed by atoms with E-state index in [1.54, 1.807) is 0 Å². The van der Waals surface area contributed by atoms with Crippen LogP contribution in [0.3, 0.4) is 0 Å². The minimum atomic E-state index is -0.838. The molecule has 1 radical (unpaired) electrons. The van der Waals surface area contributed by atoms with Gasteiger partial charge in [0.25, 0.3) is 0 Å². The first-order chi connectivity index (χ1) is 4.22. The zero-order valence-corrected chi connectivity index (χ0v) is 5.43. The van der Waals surface area contributed by atoms with Gasteiger partial charge in [0, 0.05) is 5.75 Å². The van der Waals surface area contributed by atoms with Gasteiger partial charge in [0.2, 0.25) is 0 Å². The predicted molar refractivity (Wildman–Crippen MR) is 33.6 cm³/mol. The average molecular weight is 148 g/mol. The van der Waals surface area contributed by atoms with E-state index >= 15 is 0 Å². The van der Waals surface area contributed by atoms with E-state index in [0.717, 1.165) is 6.47 Å². The molecule has 5 heteroatoms. The first-order valence-electron chi connectivity index (χ1n) is 2.16. The van der Waals surface area contributed by atoms with E-state index in [9.17, 15) is 9.59 Å². The Kier molecular flexibility index (Phi) is 4.08. The third-order valence-electron chi connectivity index (χ3n) is 0.642. The van der Waals surface area contributed by atoms with Gasteiger partial charge in [0.15, 0.2) is 0 Å². The van der Waals surface area contributed by atoms with Crippen molar-refractivity contribution in [3.05, 3.63) is 0 Å². The second-order valence-corrected chi connectivity index (χ2v) is 1.66. The molecule has 1 atom stereocenters. The Bertz CT molecular complexity index is 116. The molecule has 0 aliphatic rings. The number of rotatable bonds is 3. The largest absolute Gasteiger partial charge is 0.425 e. The number of esters is 1. The first-order valence-corrected chi connectivity index (χ1v) is 2.80. The minimum absolute atomic E-state index is 0.153.